The number of unbranched alkanes of at least 4 members (excludes halogenated alkanes) is 3. The van der Waals surface area contributed by atoms with Crippen molar-refractivity contribution in [1.29, 1.82) is 0 Å². The molecule has 0 atom stereocenters. The number of carbonyl (C=O) groups excluding carboxylic acids is 1. The van der Waals surface area contributed by atoms with Gasteiger partial charge in [-0.2, -0.15) is 8.42 Å². The normalized spacial score (nSPS) is 12.2. The van der Waals surface area contributed by atoms with E-state index in [1.807, 2.05) is 0 Å². The second-order valence-corrected chi connectivity index (χ2v) is 9.89. The van der Waals surface area contributed by atoms with E-state index in [4.69, 9.17) is 51.1 Å². The van der Waals surface area contributed by atoms with Crippen molar-refractivity contribution in [2.45, 2.75) is 29.5 Å². The molecule has 0 fully saturated rings. The molecule has 0 aliphatic rings. The summed E-state index contributed by atoms with van der Waals surface area (Å²) >= 11 is 22.3. The summed E-state index contributed by atoms with van der Waals surface area (Å²) in [6.07, 6.45) is 3.36. The number of hydrogen-bond donors (Lipinski definition) is 0. The van der Waals surface area contributed by atoms with Crippen LogP contribution in [0.2, 0.25) is 5.02 Å². The van der Waals surface area contributed by atoms with Crippen molar-refractivity contribution in [2.75, 3.05) is 19.0 Å². The maximum Gasteiger partial charge on any atom is 0.267 e. The van der Waals surface area contributed by atoms with Gasteiger partial charge in [-0.15, -0.1) is 0 Å². The Bertz CT molecular complexity index is 658. The molecule has 5 nitrogen and oxygen atoms in total. The highest BCUT2D eigenvalue weighted by Gasteiger charge is 2.24. The number of ether oxygens (including phenoxy) is 1. The van der Waals surface area contributed by atoms with Gasteiger partial charge < -0.3 is 4.74 Å². The highest BCUT2D eigenvalue weighted by atomic mass is 35.6. The molecule has 0 unspecified atom stereocenters. The van der Waals surface area contributed by atoms with E-state index < -0.39 is 20.5 Å². The molecule has 0 heterocycles. The van der Waals surface area contributed by atoms with Crippen LogP contribution in [0.25, 0.3) is 0 Å². The molecule has 1 aromatic rings. The van der Waals surface area contributed by atoms with Gasteiger partial charge in [-0.25, -0.2) is 0 Å². The minimum atomic E-state index is -3.69. The summed E-state index contributed by atoms with van der Waals surface area (Å²) in [5, 5.41) is 0.377. The first-order valence-electron chi connectivity index (χ1n) is 7.44. The number of aldehydes is 1. The molecular formula is C15H18Cl4O5S. The zero-order chi connectivity index (χ0) is 18.9. The van der Waals surface area contributed by atoms with Gasteiger partial charge in [0.25, 0.3) is 10.1 Å². The fourth-order valence-electron chi connectivity index (χ4n) is 1.84. The maximum atomic E-state index is 11.6. The summed E-state index contributed by atoms with van der Waals surface area (Å²) in [5.74, 6) is 0.378. The molecule has 0 spiro atoms. The quantitative estimate of drug-likeness (QED) is 0.209. The topological polar surface area (TPSA) is 69.7 Å². The van der Waals surface area contributed by atoms with Crippen LogP contribution < -0.4 is 4.74 Å². The summed E-state index contributed by atoms with van der Waals surface area (Å²) in [6.45, 7) is -0.0613. The fraction of sp³-hybridized carbons (Fsp3) is 0.533. The average molecular weight is 452 g/mol. The largest absolute Gasteiger partial charge is 0.492 e. The van der Waals surface area contributed by atoms with E-state index in [9.17, 15) is 13.2 Å². The molecule has 0 saturated carbocycles. The van der Waals surface area contributed by atoms with Crippen molar-refractivity contribution >= 4 is 62.8 Å². The lowest BCUT2D eigenvalue weighted by Crippen LogP contribution is -2.19. The Labute approximate surface area is 167 Å². The van der Waals surface area contributed by atoms with E-state index in [2.05, 4.69) is 4.18 Å². The zero-order valence-corrected chi connectivity index (χ0v) is 17.1. The molecule has 25 heavy (non-hydrogen) atoms. The van der Waals surface area contributed by atoms with Crippen LogP contribution in [-0.2, 0) is 14.3 Å². The molecule has 0 aliphatic carbocycles. The summed E-state index contributed by atoms with van der Waals surface area (Å²) in [7, 11) is -3.69. The number of alkyl halides is 3. The number of benzene rings is 1. The lowest BCUT2D eigenvalue weighted by atomic mass is 10.2. The third-order valence-corrected chi connectivity index (χ3v) is 4.93. The van der Waals surface area contributed by atoms with Crippen molar-refractivity contribution in [1.82, 2.24) is 0 Å². The van der Waals surface area contributed by atoms with E-state index >= 15 is 0 Å². The smallest absolute Gasteiger partial charge is 0.267 e. The third-order valence-electron chi connectivity index (χ3n) is 3.04. The van der Waals surface area contributed by atoms with E-state index in [0.29, 0.717) is 42.1 Å². The van der Waals surface area contributed by atoms with Crippen LogP contribution in [0.3, 0.4) is 0 Å². The van der Waals surface area contributed by atoms with Gasteiger partial charge in [0.2, 0.25) is 3.79 Å². The first-order chi connectivity index (χ1) is 11.6. The molecule has 0 saturated heterocycles. The molecule has 1 rings (SSSR count). The van der Waals surface area contributed by atoms with Crippen molar-refractivity contribution < 1.29 is 22.1 Å². The van der Waals surface area contributed by atoms with Crippen LogP contribution in [0.5, 0.6) is 5.75 Å². The van der Waals surface area contributed by atoms with Gasteiger partial charge in [0, 0.05) is 5.56 Å². The molecule has 0 aliphatic heterocycles. The van der Waals surface area contributed by atoms with Crippen molar-refractivity contribution in [2.24, 2.45) is 0 Å². The van der Waals surface area contributed by atoms with E-state index in [0.717, 1.165) is 12.8 Å². The number of rotatable bonds is 11. The van der Waals surface area contributed by atoms with Crippen molar-refractivity contribution in [3.05, 3.63) is 28.8 Å². The second-order valence-electron chi connectivity index (χ2n) is 5.21. The molecule has 0 bridgehead atoms. The SMILES string of the molecule is O=Cc1ccc(OCCCCCCS(=O)(=O)OCC(Cl)(Cl)Cl)c(Cl)c1. The summed E-state index contributed by atoms with van der Waals surface area (Å²) in [6, 6.07) is 4.79. The Balaban J connectivity index is 2.17. The highest BCUT2D eigenvalue weighted by Crippen LogP contribution is 2.27. The molecule has 0 radical (unpaired) electrons. The lowest BCUT2D eigenvalue weighted by molar-refractivity contribution is 0.112. The predicted molar refractivity (Wildman–Crippen MR) is 101 cm³/mol. The Morgan fingerprint density at radius 2 is 1.76 bits per heavy atom. The van der Waals surface area contributed by atoms with E-state index in [1.165, 1.54) is 6.07 Å². The van der Waals surface area contributed by atoms with Gasteiger partial charge in [0.1, 0.15) is 18.6 Å². The Morgan fingerprint density at radius 1 is 1.08 bits per heavy atom. The molecule has 142 valence electrons. The van der Waals surface area contributed by atoms with E-state index in [-0.39, 0.29) is 5.75 Å². The number of halogens is 4. The van der Waals surface area contributed by atoms with Gasteiger partial charge in [0.05, 0.1) is 17.4 Å². The van der Waals surface area contributed by atoms with Crippen LogP contribution in [0, 0.1) is 0 Å². The molecule has 0 aromatic heterocycles. The van der Waals surface area contributed by atoms with Gasteiger partial charge >= 0.3 is 0 Å². The molecule has 0 N–H and O–H groups in total. The van der Waals surface area contributed by atoms with Crippen LogP contribution in [-0.4, -0.2) is 37.5 Å². The van der Waals surface area contributed by atoms with Crippen LogP contribution in [0.15, 0.2) is 18.2 Å². The summed E-state index contributed by atoms with van der Waals surface area (Å²) in [4.78, 5) is 10.6. The van der Waals surface area contributed by atoms with Crippen LogP contribution in [0.4, 0.5) is 0 Å². The first-order valence-corrected chi connectivity index (χ1v) is 10.5. The Hall–Kier alpha value is -0.240. The third kappa shape index (κ3) is 10.5. The maximum absolute atomic E-state index is 11.6. The van der Waals surface area contributed by atoms with Gasteiger partial charge in [-0.1, -0.05) is 59.2 Å². The predicted octanol–water partition coefficient (Wildman–Crippen LogP) is 4.81. The fourth-order valence-corrected chi connectivity index (χ4v) is 3.47. The first kappa shape index (κ1) is 22.8. The average Bonchev–Trinajstić information content (AvgIpc) is 2.52. The highest BCUT2D eigenvalue weighted by molar-refractivity contribution is 7.86. The van der Waals surface area contributed by atoms with Crippen molar-refractivity contribution in [3.8, 4) is 5.75 Å². The summed E-state index contributed by atoms with van der Waals surface area (Å²) < 4.78 is 31.6. The Morgan fingerprint density at radius 3 is 2.36 bits per heavy atom. The van der Waals surface area contributed by atoms with Crippen molar-refractivity contribution in [3.63, 3.8) is 0 Å². The molecular weight excluding hydrogens is 434 g/mol. The number of carbonyl (C=O) groups is 1. The van der Waals surface area contributed by atoms with Crippen LogP contribution >= 0.6 is 46.4 Å². The molecule has 0 amide bonds. The zero-order valence-electron chi connectivity index (χ0n) is 13.2. The minimum Gasteiger partial charge on any atom is -0.492 e. The standard InChI is InChI=1S/C15H18Cl4O5S/c16-13-9-12(10-20)5-6-14(13)23-7-3-1-2-4-8-25(21,22)24-11-15(17,18)19/h5-6,9-10H,1-4,7-8,11H2. The van der Waals surface area contributed by atoms with Gasteiger partial charge in [-0.05, 0) is 31.0 Å². The van der Waals surface area contributed by atoms with Gasteiger partial charge in [-0.3, -0.25) is 8.98 Å². The number of hydrogen-bond acceptors (Lipinski definition) is 5. The Kier molecular flexibility index (Phi) is 9.85. The summed E-state index contributed by atoms with van der Waals surface area (Å²) in [5.41, 5.74) is 0.482. The van der Waals surface area contributed by atoms with Gasteiger partial charge in [0.15, 0.2) is 0 Å². The monoisotopic (exact) mass is 450 g/mol. The van der Waals surface area contributed by atoms with E-state index in [1.54, 1.807) is 12.1 Å². The minimum absolute atomic E-state index is 0.131. The molecule has 1 aromatic carbocycles. The lowest BCUT2D eigenvalue weighted by Gasteiger charge is -2.11. The van der Waals surface area contributed by atoms with Crippen LogP contribution in [0.1, 0.15) is 36.0 Å². The second kappa shape index (κ2) is 10.8. The molecule has 10 heteroatoms.